The first-order valence-corrected chi connectivity index (χ1v) is 8.63. The van der Waals surface area contributed by atoms with Crippen LogP contribution in [0.15, 0.2) is 0 Å². The third-order valence-corrected chi connectivity index (χ3v) is 3.45. The van der Waals surface area contributed by atoms with Crippen LogP contribution in [0.25, 0.3) is 0 Å². The zero-order valence-corrected chi connectivity index (χ0v) is 14.4. The molecular weight excluding hydrogens is 268 g/mol. The van der Waals surface area contributed by atoms with E-state index in [0.717, 1.165) is 25.7 Å². The molecule has 0 aromatic rings. The highest BCUT2D eigenvalue weighted by Gasteiger charge is 2.26. The minimum Gasteiger partial charge on any atom is -0.368 e. The van der Waals surface area contributed by atoms with Gasteiger partial charge in [0.2, 0.25) is 0 Å². The summed E-state index contributed by atoms with van der Waals surface area (Å²) < 4.78 is 11.0. The number of aliphatic hydroxyl groups excluding tert-OH is 2. The monoisotopic (exact) mass is 304 g/mol. The van der Waals surface area contributed by atoms with E-state index in [1.807, 2.05) is 0 Å². The molecule has 0 rings (SSSR count). The maximum absolute atomic E-state index is 9.86. The van der Waals surface area contributed by atoms with Crippen LogP contribution >= 0.6 is 0 Å². The Bertz CT molecular complexity index is 209. The summed E-state index contributed by atoms with van der Waals surface area (Å²) in [6.07, 6.45) is 8.40. The largest absolute Gasteiger partial charge is 0.368 e. The van der Waals surface area contributed by atoms with Crippen molar-refractivity contribution in [1.29, 1.82) is 0 Å². The summed E-state index contributed by atoms with van der Waals surface area (Å²) in [5.41, 5.74) is 0. The van der Waals surface area contributed by atoms with E-state index in [-0.39, 0.29) is 0 Å². The average Bonchev–Trinajstić information content (AvgIpc) is 2.38. The van der Waals surface area contributed by atoms with Gasteiger partial charge in [0, 0.05) is 0 Å². The molecule has 0 radical (unpaired) electrons. The number of ether oxygens (including phenoxy) is 2. The fourth-order valence-corrected chi connectivity index (χ4v) is 2.29. The maximum Gasteiger partial charge on any atom is 0.169 e. The maximum atomic E-state index is 9.86. The topological polar surface area (TPSA) is 58.9 Å². The predicted molar refractivity (Wildman–Crippen MR) is 85.8 cm³/mol. The van der Waals surface area contributed by atoms with Crippen molar-refractivity contribution in [3.8, 4) is 0 Å². The van der Waals surface area contributed by atoms with Crippen LogP contribution in [0.4, 0.5) is 0 Å². The molecule has 21 heavy (non-hydrogen) atoms. The molecule has 0 amide bonds. The van der Waals surface area contributed by atoms with Gasteiger partial charge in [-0.3, -0.25) is 0 Å². The Morgan fingerprint density at radius 2 is 1.10 bits per heavy atom. The molecule has 128 valence electrons. The number of rotatable bonds is 14. The van der Waals surface area contributed by atoms with Gasteiger partial charge in [-0.2, -0.15) is 0 Å². The Morgan fingerprint density at radius 3 is 1.43 bits per heavy atom. The van der Waals surface area contributed by atoms with E-state index in [9.17, 15) is 10.2 Å². The highest BCUT2D eigenvalue weighted by Crippen LogP contribution is 2.20. The van der Waals surface area contributed by atoms with Crippen LogP contribution < -0.4 is 0 Å². The molecule has 0 aliphatic rings. The first-order valence-electron chi connectivity index (χ1n) is 8.63. The lowest BCUT2D eigenvalue weighted by atomic mass is 10.1. The molecule has 0 heterocycles. The average molecular weight is 304 g/mol. The van der Waals surface area contributed by atoms with Gasteiger partial charge in [0.05, 0.1) is 0 Å². The van der Waals surface area contributed by atoms with Gasteiger partial charge in [0.1, 0.15) is 0 Å². The van der Waals surface area contributed by atoms with E-state index in [1.54, 1.807) is 13.8 Å². The molecule has 0 saturated heterocycles. The molecule has 2 atom stereocenters. The van der Waals surface area contributed by atoms with Gasteiger partial charge in [-0.15, -0.1) is 0 Å². The van der Waals surface area contributed by atoms with Crippen molar-refractivity contribution in [1.82, 2.24) is 0 Å². The lowest BCUT2D eigenvalue weighted by Gasteiger charge is -2.30. The highest BCUT2D eigenvalue weighted by atomic mass is 16.8. The van der Waals surface area contributed by atoms with Crippen LogP contribution in [0.3, 0.4) is 0 Å². The molecular formula is C17H36O4. The minimum atomic E-state index is -0.964. The molecule has 0 saturated carbocycles. The summed E-state index contributed by atoms with van der Waals surface area (Å²) in [5.74, 6) is -0.964. The lowest BCUT2D eigenvalue weighted by Crippen LogP contribution is -2.37. The quantitative estimate of drug-likeness (QED) is 0.370. The second kappa shape index (κ2) is 12.4. The molecule has 0 aromatic carbocycles. The van der Waals surface area contributed by atoms with Gasteiger partial charge in [-0.05, 0) is 39.5 Å². The minimum absolute atomic E-state index is 0.611. The molecule has 2 N–H and O–H groups in total. The summed E-state index contributed by atoms with van der Waals surface area (Å²) >= 11 is 0. The van der Waals surface area contributed by atoms with Crippen molar-refractivity contribution in [2.24, 2.45) is 0 Å². The van der Waals surface area contributed by atoms with Crippen LogP contribution in [0.5, 0.6) is 0 Å². The molecule has 4 nitrogen and oxygen atoms in total. The van der Waals surface area contributed by atoms with E-state index in [0.29, 0.717) is 12.8 Å². The molecule has 0 aliphatic heterocycles. The fraction of sp³-hybridized carbons (Fsp3) is 1.00. The predicted octanol–water partition coefficient (Wildman–Crippen LogP) is 4.33. The van der Waals surface area contributed by atoms with Gasteiger partial charge in [-0.1, -0.05) is 52.4 Å². The molecule has 0 bridgehead atoms. The van der Waals surface area contributed by atoms with E-state index < -0.39 is 18.4 Å². The number of hydrogen-bond acceptors (Lipinski definition) is 4. The third-order valence-electron chi connectivity index (χ3n) is 3.45. The van der Waals surface area contributed by atoms with Crippen molar-refractivity contribution >= 4 is 0 Å². The Labute approximate surface area is 130 Å². The van der Waals surface area contributed by atoms with E-state index in [2.05, 4.69) is 13.8 Å². The summed E-state index contributed by atoms with van der Waals surface area (Å²) in [6.45, 7) is 7.78. The molecule has 0 spiro atoms. The van der Waals surface area contributed by atoms with E-state index in [1.165, 1.54) is 25.7 Å². The Morgan fingerprint density at radius 1 is 0.714 bits per heavy atom. The first kappa shape index (κ1) is 20.8. The van der Waals surface area contributed by atoms with Crippen LogP contribution in [-0.2, 0) is 9.47 Å². The smallest absolute Gasteiger partial charge is 0.169 e. The van der Waals surface area contributed by atoms with Gasteiger partial charge < -0.3 is 19.7 Å². The van der Waals surface area contributed by atoms with Gasteiger partial charge >= 0.3 is 0 Å². The molecule has 0 fully saturated rings. The van der Waals surface area contributed by atoms with Crippen molar-refractivity contribution in [3.63, 3.8) is 0 Å². The lowest BCUT2D eigenvalue weighted by molar-refractivity contribution is -0.326. The van der Waals surface area contributed by atoms with Gasteiger partial charge in [0.15, 0.2) is 18.4 Å². The Balaban J connectivity index is 3.83. The molecule has 0 aliphatic carbocycles. The molecule has 4 heteroatoms. The normalized spacial score (nSPS) is 15.1. The Kier molecular flexibility index (Phi) is 12.3. The summed E-state index contributed by atoms with van der Waals surface area (Å²) in [6, 6.07) is 0. The van der Waals surface area contributed by atoms with Crippen molar-refractivity contribution < 1.29 is 19.7 Å². The zero-order valence-electron chi connectivity index (χ0n) is 14.4. The zero-order chi connectivity index (χ0) is 16.1. The van der Waals surface area contributed by atoms with Gasteiger partial charge in [0.25, 0.3) is 0 Å². The highest BCUT2D eigenvalue weighted by molar-refractivity contribution is 4.59. The third kappa shape index (κ3) is 13.2. The second-order valence-electron chi connectivity index (χ2n) is 6.24. The first-order chi connectivity index (χ1) is 9.91. The summed E-state index contributed by atoms with van der Waals surface area (Å²) in [4.78, 5) is 0. The van der Waals surface area contributed by atoms with Crippen LogP contribution in [0.2, 0.25) is 0 Å². The van der Waals surface area contributed by atoms with Gasteiger partial charge in [-0.25, -0.2) is 0 Å². The Hall–Kier alpha value is -0.160. The number of unbranched alkanes of at least 4 members (excludes halogenated alkanes) is 6. The number of aliphatic hydroxyl groups is 2. The van der Waals surface area contributed by atoms with Crippen molar-refractivity contribution in [2.45, 2.75) is 110 Å². The fourth-order valence-electron chi connectivity index (χ4n) is 2.29. The SMILES string of the molecule is CCCCCCC(O)OC(C)(C)OC(O)CCCCCC. The van der Waals surface area contributed by atoms with Crippen LogP contribution in [0, 0.1) is 0 Å². The standard InChI is InChI=1S/C17H36O4/c1-5-7-9-11-13-15(18)20-17(3,4)21-16(19)14-12-10-8-6-2/h15-16,18-19H,5-14H2,1-4H3. The molecule has 0 aromatic heterocycles. The van der Waals surface area contributed by atoms with Crippen molar-refractivity contribution in [3.05, 3.63) is 0 Å². The van der Waals surface area contributed by atoms with E-state index in [4.69, 9.17) is 9.47 Å². The van der Waals surface area contributed by atoms with Crippen molar-refractivity contribution in [2.75, 3.05) is 0 Å². The second-order valence-corrected chi connectivity index (χ2v) is 6.24. The molecule has 2 unspecified atom stereocenters. The van der Waals surface area contributed by atoms with E-state index >= 15 is 0 Å². The van der Waals surface area contributed by atoms with Crippen LogP contribution in [0.1, 0.15) is 91.9 Å². The number of hydrogen-bond donors (Lipinski definition) is 2. The summed E-state index contributed by atoms with van der Waals surface area (Å²) in [5, 5.41) is 19.7. The summed E-state index contributed by atoms with van der Waals surface area (Å²) in [7, 11) is 0. The van der Waals surface area contributed by atoms with Crippen LogP contribution in [-0.4, -0.2) is 28.6 Å².